The van der Waals surface area contributed by atoms with Crippen LogP contribution in [-0.2, 0) is 14.4 Å². The van der Waals surface area contributed by atoms with E-state index in [4.69, 9.17) is 0 Å². The average molecular weight is 521 g/mol. The van der Waals surface area contributed by atoms with Crippen LogP contribution in [0, 0.1) is 4.91 Å². The first-order valence-electron chi connectivity index (χ1n) is 13.8. The number of nitrogens with zero attached hydrogens (tertiary/aromatic N) is 5. The molecule has 0 bridgehead atoms. The SMILES string of the molecule is CC.O=Nc1ccc(N2CC(N3CCN(C4=CCCC5=C4CN(C4CCC(=O)NC4=O)C5=O)CC3)C2)cc1. The minimum atomic E-state index is -0.564. The highest BCUT2D eigenvalue weighted by atomic mass is 16.3. The van der Waals surface area contributed by atoms with Gasteiger partial charge in [-0.1, -0.05) is 19.9 Å². The minimum absolute atomic E-state index is 0.0461. The fourth-order valence-corrected chi connectivity index (χ4v) is 6.11. The van der Waals surface area contributed by atoms with Gasteiger partial charge in [0.05, 0.1) is 0 Å². The van der Waals surface area contributed by atoms with Crippen LogP contribution >= 0.6 is 0 Å². The molecule has 1 N–H and O–H groups in total. The highest BCUT2D eigenvalue weighted by Gasteiger charge is 2.43. The topological polar surface area (TPSA) is 106 Å². The molecule has 4 heterocycles. The number of carbonyl (C=O) groups excluding carboxylic acids is 3. The molecule has 1 aliphatic carbocycles. The Bertz CT molecular complexity index is 1160. The molecular weight excluding hydrogens is 484 g/mol. The van der Waals surface area contributed by atoms with Gasteiger partial charge in [0.15, 0.2) is 0 Å². The van der Waals surface area contributed by atoms with E-state index in [0.717, 1.165) is 68.2 Å². The number of anilines is 1. The summed E-state index contributed by atoms with van der Waals surface area (Å²) in [6.07, 6.45) is 4.46. The minimum Gasteiger partial charge on any atom is -0.369 e. The molecule has 1 aromatic carbocycles. The number of carbonyl (C=O) groups is 3. The van der Waals surface area contributed by atoms with Crippen molar-refractivity contribution in [2.45, 2.75) is 51.6 Å². The number of piperazine rings is 1. The van der Waals surface area contributed by atoms with E-state index < -0.39 is 6.04 Å². The lowest BCUT2D eigenvalue weighted by Gasteiger charge is -2.49. The molecule has 0 spiro atoms. The number of piperidine rings is 1. The Balaban J connectivity index is 0.00000144. The number of allylic oxidation sites excluding steroid dienone is 1. The average Bonchev–Trinajstić information content (AvgIpc) is 3.26. The maximum absolute atomic E-state index is 13.2. The lowest BCUT2D eigenvalue weighted by atomic mass is 9.95. The van der Waals surface area contributed by atoms with Crippen molar-refractivity contribution in [2.24, 2.45) is 5.18 Å². The van der Waals surface area contributed by atoms with Gasteiger partial charge in [-0.3, -0.25) is 24.6 Å². The fraction of sp³-hybridized carbons (Fsp3) is 0.536. The Morgan fingerprint density at radius 3 is 2.26 bits per heavy atom. The van der Waals surface area contributed by atoms with E-state index in [9.17, 15) is 19.3 Å². The molecule has 0 aromatic heterocycles. The smallest absolute Gasteiger partial charge is 0.251 e. The number of nitrogens with one attached hydrogen (secondary N) is 1. The first kappa shape index (κ1) is 26.1. The van der Waals surface area contributed by atoms with Gasteiger partial charge in [0.2, 0.25) is 11.8 Å². The molecule has 0 saturated carbocycles. The largest absolute Gasteiger partial charge is 0.369 e. The molecule has 10 nitrogen and oxygen atoms in total. The number of hydrogen-bond donors (Lipinski definition) is 1. The van der Waals surface area contributed by atoms with Crippen LogP contribution in [-0.4, -0.2) is 90.3 Å². The number of amides is 3. The summed E-state index contributed by atoms with van der Waals surface area (Å²) >= 11 is 0. The Hall–Kier alpha value is -3.53. The quantitative estimate of drug-likeness (QED) is 0.470. The molecule has 5 aliphatic rings. The molecule has 0 radical (unpaired) electrons. The molecule has 202 valence electrons. The summed E-state index contributed by atoms with van der Waals surface area (Å²) in [5.74, 6) is -0.665. The van der Waals surface area contributed by atoms with Crippen LogP contribution in [0.25, 0.3) is 0 Å². The third-order valence-electron chi connectivity index (χ3n) is 8.19. The summed E-state index contributed by atoms with van der Waals surface area (Å²) < 4.78 is 0. The zero-order chi connectivity index (χ0) is 26.8. The predicted molar refractivity (Wildman–Crippen MR) is 145 cm³/mol. The highest BCUT2D eigenvalue weighted by Crippen LogP contribution is 2.37. The van der Waals surface area contributed by atoms with Gasteiger partial charge < -0.3 is 14.7 Å². The van der Waals surface area contributed by atoms with Crippen molar-refractivity contribution in [1.29, 1.82) is 0 Å². The molecular formula is C28H36N6O4. The zero-order valence-corrected chi connectivity index (χ0v) is 22.2. The maximum atomic E-state index is 13.2. The van der Waals surface area contributed by atoms with E-state index in [0.29, 0.717) is 31.1 Å². The van der Waals surface area contributed by atoms with Crippen molar-refractivity contribution in [3.8, 4) is 0 Å². The summed E-state index contributed by atoms with van der Waals surface area (Å²) in [5.41, 5.74) is 4.62. The van der Waals surface area contributed by atoms with Crippen LogP contribution in [0.3, 0.4) is 0 Å². The van der Waals surface area contributed by atoms with Crippen LogP contribution in [0.4, 0.5) is 11.4 Å². The maximum Gasteiger partial charge on any atom is 0.251 e. The summed E-state index contributed by atoms with van der Waals surface area (Å²) in [5, 5.41) is 5.35. The second kappa shape index (κ2) is 11.1. The van der Waals surface area contributed by atoms with Gasteiger partial charge in [-0.25, -0.2) is 0 Å². The van der Waals surface area contributed by atoms with Crippen LogP contribution in [0.15, 0.2) is 52.4 Å². The molecule has 38 heavy (non-hydrogen) atoms. The fourth-order valence-electron chi connectivity index (χ4n) is 6.11. The molecule has 10 heteroatoms. The monoisotopic (exact) mass is 520 g/mol. The first-order valence-corrected chi connectivity index (χ1v) is 13.8. The third kappa shape index (κ3) is 4.84. The second-order valence-electron chi connectivity index (χ2n) is 10.2. The molecule has 1 unspecified atom stereocenters. The van der Waals surface area contributed by atoms with Crippen LogP contribution in [0.1, 0.15) is 39.5 Å². The van der Waals surface area contributed by atoms with Crippen molar-refractivity contribution >= 4 is 29.1 Å². The first-order chi connectivity index (χ1) is 18.5. The molecule has 3 amide bonds. The summed E-state index contributed by atoms with van der Waals surface area (Å²) in [6, 6.07) is 7.36. The van der Waals surface area contributed by atoms with Gasteiger partial charge in [-0.15, -0.1) is 4.91 Å². The van der Waals surface area contributed by atoms with Crippen LogP contribution in [0.5, 0.6) is 0 Å². The Morgan fingerprint density at radius 1 is 0.895 bits per heavy atom. The van der Waals surface area contributed by atoms with Crippen molar-refractivity contribution in [3.05, 3.63) is 52.1 Å². The number of hydrogen-bond acceptors (Lipinski definition) is 8. The van der Waals surface area contributed by atoms with Gasteiger partial charge in [0.1, 0.15) is 11.7 Å². The van der Waals surface area contributed by atoms with Crippen LogP contribution in [0.2, 0.25) is 0 Å². The molecule has 6 rings (SSSR count). The predicted octanol–water partition coefficient (Wildman–Crippen LogP) is 2.54. The van der Waals surface area contributed by atoms with E-state index in [2.05, 4.69) is 31.3 Å². The van der Waals surface area contributed by atoms with E-state index in [1.807, 2.05) is 26.0 Å². The van der Waals surface area contributed by atoms with Gasteiger partial charge >= 0.3 is 0 Å². The summed E-state index contributed by atoms with van der Waals surface area (Å²) in [7, 11) is 0. The number of imide groups is 1. The van der Waals surface area contributed by atoms with E-state index in [-0.39, 0.29) is 24.1 Å². The Labute approximate surface area is 223 Å². The molecule has 3 fully saturated rings. The van der Waals surface area contributed by atoms with Crippen LogP contribution < -0.4 is 10.2 Å². The standard InChI is InChI=1S/C26H30N6O4.C2H6/c33-24-9-8-23(25(34)27-24)32-16-21-20(26(32)35)2-1-3-22(21)30-12-10-29(11-13-30)19-14-31(15-19)18-6-4-17(28-36)5-7-18;1-2/h3-7,19,23H,1-2,8-16H2,(H,27,33,34);1-2H3. The normalized spacial score (nSPS) is 24.4. The Kier molecular flexibility index (Phi) is 7.60. The molecule has 3 saturated heterocycles. The Morgan fingerprint density at radius 2 is 1.61 bits per heavy atom. The van der Waals surface area contributed by atoms with Crippen molar-refractivity contribution < 1.29 is 14.4 Å². The van der Waals surface area contributed by atoms with Gasteiger partial charge in [-0.05, 0) is 48.7 Å². The lowest BCUT2D eigenvalue weighted by Crippen LogP contribution is -2.63. The number of nitroso groups, excluding NO2 is 1. The van der Waals surface area contributed by atoms with Gasteiger partial charge in [0, 0.05) is 80.8 Å². The zero-order valence-electron chi connectivity index (χ0n) is 22.2. The number of benzene rings is 1. The molecule has 4 aliphatic heterocycles. The molecule has 1 aromatic rings. The van der Waals surface area contributed by atoms with Gasteiger partial charge in [-0.2, -0.15) is 0 Å². The van der Waals surface area contributed by atoms with Gasteiger partial charge in [0.25, 0.3) is 5.91 Å². The molecule has 1 atom stereocenters. The van der Waals surface area contributed by atoms with E-state index >= 15 is 0 Å². The number of rotatable bonds is 5. The lowest BCUT2D eigenvalue weighted by molar-refractivity contribution is -0.142. The van der Waals surface area contributed by atoms with E-state index in [1.54, 1.807) is 17.0 Å². The third-order valence-corrected chi connectivity index (χ3v) is 8.19. The summed E-state index contributed by atoms with van der Waals surface area (Å²) in [6.45, 7) is 10.1. The summed E-state index contributed by atoms with van der Waals surface area (Å²) in [4.78, 5) is 56.7. The van der Waals surface area contributed by atoms with Crippen molar-refractivity contribution in [2.75, 3.05) is 50.7 Å². The van der Waals surface area contributed by atoms with Crippen molar-refractivity contribution in [1.82, 2.24) is 20.0 Å². The highest BCUT2D eigenvalue weighted by molar-refractivity contribution is 6.05. The van der Waals surface area contributed by atoms with Crippen molar-refractivity contribution in [3.63, 3.8) is 0 Å². The second-order valence-corrected chi connectivity index (χ2v) is 10.2. The van der Waals surface area contributed by atoms with E-state index in [1.165, 1.54) is 0 Å².